The summed E-state index contributed by atoms with van der Waals surface area (Å²) in [6.45, 7) is 7.24. The number of hydrogen-bond donors (Lipinski definition) is 1. The van der Waals surface area contributed by atoms with Crippen molar-refractivity contribution < 1.29 is 9.90 Å². The van der Waals surface area contributed by atoms with Crippen molar-refractivity contribution in [3.63, 3.8) is 0 Å². The third-order valence-corrected chi connectivity index (χ3v) is 4.10. The van der Waals surface area contributed by atoms with Gasteiger partial charge in [0.1, 0.15) is 0 Å². The molecule has 3 nitrogen and oxygen atoms in total. The van der Waals surface area contributed by atoms with Gasteiger partial charge in [-0.3, -0.25) is 0 Å². The summed E-state index contributed by atoms with van der Waals surface area (Å²) in [6.07, 6.45) is 0. The van der Waals surface area contributed by atoms with E-state index in [1.165, 1.54) is 0 Å². The lowest BCUT2D eigenvalue weighted by Crippen LogP contribution is -1.94. The minimum Gasteiger partial charge on any atom is -0.478 e. The first-order valence-corrected chi connectivity index (χ1v) is 6.80. The average molecular weight is 279 g/mol. The maximum atomic E-state index is 11.1. The molecule has 20 heavy (non-hydrogen) atoms. The Hall–Kier alpha value is -2.64. The predicted octanol–water partition coefficient (Wildman–Crippen LogP) is 4.82. The molecule has 0 bridgehead atoms. The molecule has 3 aromatic rings. The fourth-order valence-electron chi connectivity index (χ4n) is 2.17. The van der Waals surface area contributed by atoms with E-state index in [4.69, 9.17) is 11.7 Å². The summed E-state index contributed by atoms with van der Waals surface area (Å²) >= 11 is 1.55. The third kappa shape index (κ3) is 1.94. The molecule has 96 valence electrons. The number of hydrogen-bond acceptors (Lipinski definition) is 2. The molecule has 0 atom stereocenters. The third-order valence-electron chi connectivity index (χ3n) is 3.14. The van der Waals surface area contributed by atoms with Crippen LogP contribution in [0.25, 0.3) is 26.1 Å². The molecule has 0 amide bonds. The quantitative estimate of drug-likeness (QED) is 0.683. The molecular weight excluding hydrogens is 270 g/mol. The second kappa shape index (κ2) is 4.80. The lowest BCUT2D eigenvalue weighted by atomic mass is 10.0. The van der Waals surface area contributed by atoms with E-state index in [0.29, 0.717) is 5.69 Å². The summed E-state index contributed by atoms with van der Waals surface area (Å²) in [4.78, 5) is 14.6. The molecule has 0 unspecified atom stereocenters. The summed E-state index contributed by atoms with van der Waals surface area (Å²) in [5.41, 5.74) is 2.60. The van der Waals surface area contributed by atoms with Crippen LogP contribution >= 0.6 is 11.3 Å². The zero-order chi connectivity index (χ0) is 14.1. The summed E-state index contributed by atoms with van der Waals surface area (Å²) in [5, 5.41) is 12.0. The number of carboxylic acids is 1. The highest BCUT2D eigenvalue weighted by Crippen LogP contribution is 2.38. The van der Waals surface area contributed by atoms with Crippen molar-refractivity contribution in [1.82, 2.24) is 0 Å². The van der Waals surface area contributed by atoms with Crippen molar-refractivity contribution in [3.8, 4) is 11.1 Å². The second-order valence-electron chi connectivity index (χ2n) is 4.29. The van der Waals surface area contributed by atoms with Gasteiger partial charge in [-0.2, -0.15) is 0 Å². The van der Waals surface area contributed by atoms with Crippen LogP contribution in [-0.2, 0) is 0 Å². The molecule has 0 aliphatic rings. The summed E-state index contributed by atoms with van der Waals surface area (Å²) in [5.74, 6) is -0.942. The second-order valence-corrected chi connectivity index (χ2v) is 5.21. The van der Waals surface area contributed by atoms with Crippen LogP contribution in [0.4, 0.5) is 5.69 Å². The Morgan fingerprint density at radius 2 is 1.95 bits per heavy atom. The van der Waals surface area contributed by atoms with Gasteiger partial charge < -0.3 is 5.11 Å². The predicted molar refractivity (Wildman–Crippen MR) is 80.5 cm³/mol. The number of fused-ring (bicyclic) bond motifs is 1. The normalized spacial score (nSPS) is 10.3. The highest BCUT2D eigenvalue weighted by molar-refractivity contribution is 7.17. The van der Waals surface area contributed by atoms with E-state index in [1.807, 2.05) is 29.6 Å². The van der Waals surface area contributed by atoms with Crippen molar-refractivity contribution in [2.75, 3.05) is 0 Å². The number of para-hydroxylation sites is 1. The highest BCUT2D eigenvalue weighted by Gasteiger charge is 2.12. The van der Waals surface area contributed by atoms with Crippen LogP contribution in [-0.4, -0.2) is 11.1 Å². The van der Waals surface area contributed by atoms with E-state index in [0.717, 1.165) is 21.2 Å². The van der Waals surface area contributed by atoms with Gasteiger partial charge in [-0.25, -0.2) is 9.64 Å². The van der Waals surface area contributed by atoms with Crippen molar-refractivity contribution in [2.45, 2.75) is 0 Å². The average Bonchev–Trinajstić information content (AvgIpc) is 2.89. The summed E-state index contributed by atoms with van der Waals surface area (Å²) in [6, 6.07) is 12.5. The molecule has 0 aliphatic heterocycles. The fraction of sp³-hybridized carbons (Fsp3) is 0. The smallest absolute Gasteiger partial charge is 0.335 e. The molecule has 0 aliphatic carbocycles. The molecule has 0 spiro atoms. The molecule has 1 heterocycles. The minimum atomic E-state index is -0.942. The van der Waals surface area contributed by atoms with Gasteiger partial charge in [0, 0.05) is 4.70 Å². The molecule has 1 N–H and O–H groups in total. The Kier molecular flexibility index (Phi) is 2.97. The van der Waals surface area contributed by atoms with Gasteiger partial charge >= 0.3 is 5.97 Å². The Labute approximate surface area is 119 Å². The van der Waals surface area contributed by atoms with Gasteiger partial charge in [0.15, 0.2) is 5.69 Å². The zero-order valence-electron chi connectivity index (χ0n) is 10.3. The molecule has 2 aromatic carbocycles. The van der Waals surface area contributed by atoms with Crippen LogP contribution in [0.15, 0.2) is 47.8 Å². The van der Waals surface area contributed by atoms with Gasteiger partial charge in [0.25, 0.3) is 0 Å². The number of nitrogens with zero attached hydrogens (tertiary/aromatic N) is 1. The zero-order valence-corrected chi connectivity index (χ0v) is 11.1. The van der Waals surface area contributed by atoms with E-state index >= 15 is 0 Å². The van der Waals surface area contributed by atoms with Crippen LogP contribution < -0.4 is 0 Å². The highest BCUT2D eigenvalue weighted by atomic mass is 32.1. The van der Waals surface area contributed by atoms with E-state index < -0.39 is 5.97 Å². The molecule has 0 saturated heterocycles. The Balaban J connectivity index is 2.29. The van der Waals surface area contributed by atoms with Crippen LogP contribution in [0.1, 0.15) is 10.4 Å². The summed E-state index contributed by atoms with van der Waals surface area (Å²) in [7, 11) is 0. The lowest BCUT2D eigenvalue weighted by Gasteiger charge is -2.03. The van der Waals surface area contributed by atoms with Crippen molar-refractivity contribution in [3.05, 3.63) is 64.8 Å². The number of thiophene rings is 1. The largest absolute Gasteiger partial charge is 0.478 e. The van der Waals surface area contributed by atoms with E-state index in [1.54, 1.807) is 29.5 Å². The first-order valence-electron chi connectivity index (χ1n) is 5.92. The number of carbonyl (C=O) groups is 1. The van der Waals surface area contributed by atoms with Crippen LogP contribution in [0.2, 0.25) is 0 Å². The van der Waals surface area contributed by atoms with Crippen molar-refractivity contribution >= 4 is 33.1 Å². The van der Waals surface area contributed by atoms with E-state index in [2.05, 4.69) is 4.85 Å². The SMILES string of the molecule is [C-]#[N+]c1ccccc1-c1csc2ccc(C(=O)O)cc12. The van der Waals surface area contributed by atoms with Crippen LogP contribution in [0, 0.1) is 6.57 Å². The number of carboxylic acid groups (broad SMARTS) is 1. The number of benzene rings is 2. The lowest BCUT2D eigenvalue weighted by molar-refractivity contribution is 0.0697. The molecule has 0 saturated carbocycles. The maximum Gasteiger partial charge on any atom is 0.335 e. The van der Waals surface area contributed by atoms with E-state index in [9.17, 15) is 4.79 Å². The number of rotatable bonds is 2. The molecule has 0 radical (unpaired) electrons. The van der Waals surface area contributed by atoms with Crippen molar-refractivity contribution in [2.24, 2.45) is 0 Å². The van der Waals surface area contributed by atoms with Gasteiger partial charge in [-0.05, 0) is 40.1 Å². The molecule has 3 rings (SSSR count). The van der Waals surface area contributed by atoms with Gasteiger partial charge in [0.05, 0.1) is 12.1 Å². The standard InChI is InChI=1S/C16H9NO2S/c1-17-14-5-3-2-4-11(14)13-9-20-15-7-6-10(16(18)19)8-12(13)15/h2-9H,(H,18,19). The van der Waals surface area contributed by atoms with Crippen LogP contribution in [0.3, 0.4) is 0 Å². The topological polar surface area (TPSA) is 41.7 Å². The molecular formula is C16H9NO2S. The molecule has 0 fully saturated rings. The number of aromatic carboxylic acids is 1. The van der Waals surface area contributed by atoms with Crippen molar-refractivity contribution in [1.29, 1.82) is 0 Å². The maximum absolute atomic E-state index is 11.1. The van der Waals surface area contributed by atoms with Gasteiger partial charge in [-0.1, -0.05) is 24.3 Å². The Morgan fingerprint density at radius 3 is 2.70 bits per heavy atom. The van der Waals surface area contributed by atoms with Crippen LogP contribution in [0.5, 0.6) is 0 Å². The Bertz CT molecular complexity index is 858. The molecule has 1 aromatic heterocycles. The first-order chi connectivity index (χ1) is 9.70. The van der Waals surface area contributed by atoms with Gasteiger partial charge in [-0.15, -0.1) is 11.3 Å². The van der Waals surface area contributed by atoms with E-state index in [-0.39, 0.29) is 5.56 Å². The van der Waals surface area contributed by atoms with Gasteiger partial charge in [0.2, 0.25) is 0 Å². The molecule has 4 heteroatoms. The monoisotopic (exact) mass is 279 g/mol. The fourth-order valence-corrected chi connectivity index (χ4v) is 3.11. The first kappa shape index (κ1) is 12.4. The summed E-state index contributed by atoms with van der Waals surface area (Å²) < 4.78 is 1.02. The Morgan fingerprint density at radius 1 is 1.15 bits per heavy atom. The minimum absolute atomic E-state index is 0.262.